The van der Waals surface area contributed by atoms with Crippen molar-refractivity contribution in [2.24, 2.45) is 0 Å². The molecule has 0 saturated carbocycles. The van der Waals surface area contributed by atoms with Gasteiger partial charge >= 0.3 is 0 Å². The molecule has 2 fully saturated rings. The predicted molar refractivity (Wildman–Crippen MR) is 61.7 cm³/mol. The number of halogens is 2. The molecule has 2 aliphatic heterocycles. The van der Waals surface area contributed by atoms with Gasteiger partial charge < -0.3 is 14.8 Å². The van der Waals surface area contributed by atoms with Gasteiger partial charge in [-0.05, 0) is 13.8 Å². The minimum absolute atomic E-state index is 0.192. The number of nitrogens with zero attached hydrogens (tertiary/aromatic N) is 1. The van der Waals surface area contributed by atoms with Gasteiger partial charge in [-0.25, -0.2) is 0 Å². The average molecular weight is 358 g/mol. The molecule has 2 aliphatic rings. The number of β-lactam (4-membered cyclic amide) rings is 1. The maximum absolute atomic E-state index is 11.7. The van der Waals surface area contributed by atoms with E-state index in [1.165, 1.54) is 16.7 Å². The fraction of sp³-hybridized carbons (Fsp3) is 0.750. The molecule has 0 unspecified atom stereocenters. The molecule has 7 heteroatoms. The number of rotatable bonds is 1. The third-order valence-corrected chi connectivity index (χ3v) is 6.44. The van der Waals surface area contributed by atoms with Crippen LogP contribution >= 0.6 is 43.6 Å². The van der Waals surface area contributed by atoms with E-state index in [0.29, 0.717) is 0 Å². The Morgan fingerprint density at radius 3 is 2.53 bits per heavy atom. The number of fused-ring (bicyclic) bond motifs is 1. The minimum Gasteiger partial charge on any atom is -0.548 e. The van der Waals surface area contributed by atoms with E-state index in [1.54, 1.807) is 13.8 Å². The summed E-state index contributed by atoms with van der Waals surface area (Å²) in [7, 11) is 0. The van der Waals surface area contributed by atoms with Crippen LogP contribution in [0, 0.1) is 0 Å². The zero-order chi connectivity index (χ0) is 11.6. The molecule has 84 valence electrons. The van der Waals surface area contributed by atoms with Crippen molar-refractivity contribution >= 4 is 55.5 Å². The van der Waals surface area contributed by atoms with Crippen molar-refractivity contribution in [3.63, 3.8) is 0 Å². The van der Waals surface area contributed by atoms with Crippen LogP contribution in [0.25, 0.3) is 0 Å². The second-order valence-electron chi connectivity index (χ2n) is 4.13. The first kappa shape index (κ1) is 11.7. The summed E-state index contributed by atoms with van der Waals surface area (Å²) in [5, 5.41) is 10.8. The number of carboxylic acids is 1. The van der Waals surface area contributed by atoms with Crippen molar-refractivity contribution in [3.8, 4) is 0 Å². The molecule has 0 radical (unpaired) electrons. The number of carbonyl (C=O) groups excluding carboxylic acids is 2. The molecule has 0 aromatic heterocycles. The van der Waals surface area contributed by atoms with Gasteiger partial charge in [0.25, 0.3) is 5.91 Å². The monoisotopic (exact) mass is 356 g/mol. The molecule has 4 nitrogen and oxygen atoms in total. The molecule has 2 atom stereocenters. The van der Waals surface area contributed by atoms with Crippen LogP contribution in [0.3, 0.4) is 0 Å². The molecule has 1 amide bonds. The van der Waals surface area contributed by atoms with Crippen molar-refractivity contribution in [2.45, 2.75) is 33.2 Å². The lowest BCUT2D eigenvalue weighted by Gasteiger charge is -2.47. The number of hydrogen-bond acceptors (Lipinski definition) is 4. The predicted octanol–water partition coefficient (Wildman–Crippen LogP) is 0.285. The van der Waals surface area contributed by atoms with Crippen molar-refractivity contribution < 1.29 is 14.7 Å². The molecule has 0 aromatic rings. The summed E-state index contributed by atoms with van der Waals surface area (Å²) in [6, 6.07) is -0.858. The standard InChI is InChI=1S/C8H9Br2NO3S/c1-7(2)3(4(12)13)11-5(14)8(9,10)6(11)15-7/h3,6H,1-2H3,(H,12,13)/p-1/t3-,6-/m0/s1. The second-order valence-corrected chi connectivity index (χ2v) is 9.43. The van der Waals surface area contributed by atoms with Crippen LogP contribution in [-0.2, 0) is 9.59 Å². The lowest BCUT2D eigenvalue weighted by Crippen LogP contribution is -2.69. The van der Waals surface area contributed by atoms with Crippen molar-refractivity contribution in [1.82, 2.24) is 4.90 Å². The first-order chi connectivity index (χ1) is 6.69. The van der Waals surface area contributed by atoms with Gasteiger partial charge in [0.1, 0.15) is 5.37 Å². The molecular formula is C8H8Br2NO3S-. The number of amides is 1. The Balaban J connectivity index is 2.37. The molecule has 0 N–H and O–H groups in total. The summed E-state index contributed by atoms with van der Waals surface area (Å²) in [4.78, 5) is 24.1. The van der Waals surface area contributed by atoms with E-state index in [4.69, 9.17) is 0 Å². The summed E-state index contributed by atoms with van der Waals surface area (Å²) in [6.45, 7) is 3.61. The molecule has 2 heterocycles. The summed E-state index contributed by atoms with van der Waals surface area (Å²) in [6.07, 6.45) is 0. The largest absolute Gasteiger partial charge is 0.548 e. The van der Waals surface area contributed by atoms with Gasteiger partial charge in [0.05, 0.1) is 12.0 Å². The van der Waals surface area contributed by atoms with Crippen LogP contribution in [0.1, 0.15) is 13.8 Å². The van der Waals surface area contributed by atoms with Gasteiger partial charge in [-0.15, -0.1) is 11.8 Å². The molecule has 0 aromatic carbocycles. The molecular weight excluding hydrogens is 350 g/mol. The van der Waals surface area contributed by atoms with E-state index in [0.717, 1.165) is 0 Å². The maximum atomic E-state index is 11.7. The number of alkyl halides is 2. The van der Waals surface area contributed by atoms with Gasteiger partial charge in [-0.3, -0.25) is 4.79 Å². The van der Waals surface area contributed by atoms with E-state index >= 15 is 0 Å². The molecule has 0 bridgehead atoms. The Morgan fingerprint density at radius 2 is 2.07 bits per heavy atom. The molecule has 0 spiro atoms. The maximum Gasteiger partial charge on any atom is 0.254 e. The normalized spacial score (nSPS) is 36.0. The summed E-state index contributed by atoms with van der Waals surface area (Å²) >= 11 is 7.97. The Hall–Kier alpha value is 0.250. The molecule has 2 saturated heterocycles. The highest BCUT2D eigenvalue weighted by atomic mass is 79.9. The fourth-order valence-electron chi connectivity index (χ4n) is 1.96. The Labute approximate surface area is 108 Å². The van der Waals surface area contributed by atoms with Gasteiger partial charge in [-0.2, -0.15) is 0 Å². The highest BCUT2D eigenvalue weighted by Gasteiger charge is 2.68. The smallest absolute Gasteiger partial charge is 0.254 e. The van der Waals surface area contributed by atoms with Crippen LogP contribution in [0.2, 0.25) is 0 Å². The van der Waals surface area contributed by atoms with Crippen molar-refractivity contribution in [1.29, 1.82) is 0 Å². The third kappa shape index (κ3) is 1.39. The lowest BCUT2D eigenvalue weighted by atomic mass is 9.98. The van der Waals surface area contributed by atoms with Crippen LogP contribution in [0.5, 0.6) is 0 Å². The van der Waals surface area contributed by atoms with Crippen LogP contribution in [0.15, 0.2) is 0 Å². The Bertz CT molecular complexity index is 358. The van der Waals surface area contributed by atoms with E-state index < -0.39 is 20.0 Å². The first-order valence-corrected chi connectivity index (χ1v) is 6.75. The quantitative estimate of drug-likeness (QED) is 0.499. The minimum atomic E-state index is -1.20. The average Bonchev–Trinajstić information content (AvgIpc) is 2.35. The zero-order valence-electron chi connectivity index (χ0n) is 7.99. The SMILES string of the molecule is CC1(C)S[C@@H]2N(C(=O)C2(Br)Br)[C@H]1C(=O)[O-]. The third-order valence-electron chi connectivity index (χ3n) is 2.66. The van der Waals surface area contributed by atoms with Crippen LogP contribution in [0.4, 0.5) is 0 Å². The number of hydrogen-bond donors (Lipinski definition) is 0. The fourth-order valence-corrected chi connectivity index (χ4v) is 4.87. The molecule has 2 rings (SSSR count). The van der Waals surface area contributed by atoms with Gasteiger partial charge in [0, 0.05) is 4.75 Å². The van der Waals surface area contributed by atoms with Crippen molar-refractivity contribution in [2.75, 3.05) is 0 Å². The van der Waals surface area contributed by atoms with Crippen molar-refractivity contribution in [3.05, 3.63) is 0 Å². The Kier molecular flexibility index (Phi) is 2.45. The molecule has 0 aliphatic carbocycles. The molecule has 15 heavy (non-hydrogen) atoms. The topological polar surface area (TPSA) is 60.4 Å². The van der Waals surface area contributed by atoms with E-state index in [-0.39, 0.29) is 11.3 Å². The van der Waals surface area contributed by atoms with E-state index in [1.807, 2.05) is 0 Å². The highest BCUT2D eigenvalue weighted by molar-refractivity contribution is 9.26. The summed E-state index contributed by atoms with van der Waals surface area (Å²) < 4.78 is -1.34. The second kappa shape index (κ2) is 3.13. The zero-order valence-corrected chi connectivity index (χ0v) is 12.0. The highest BCUT2D eigenvalue weighted by Crippen LogP contribution is 2.59. The van der Waals surface area contributed by atoms with Crippen LogP contribution in [-0.4, -0.2) is 36.2 Å². The van der Waals surface area contributed by atoms with E-state index in [2.05, 4.69) is 31.9 Å². The number of aliphatic carboxylic acids is 1. The number of carboxylic acid groups (broad SMARTS) is 1. The first-order valence-electron chi connectivity index (χ1n) is 4.29. The summed E-state index contributed by atoms with van der Waals surface area (Å²) in [5.74, 6) is -1.45. The lowest BCUT2D eigenvalue weighted by molar-refractivity contribution is -0.312. The van der Waals surface area contributed by atoms with E-state index in [9.17, 15) is 14.7 Å². The number of carbonyl (C=O) groups is 2. The van der Waals surface area contributed by atoms with Gasteiger partial charge in [0.2, 0.25) is 0 Å². The number of thioether (sulfide) groups is 1. The van der Waals surface area contributed by atoms with Gasteiger partial charge in [0.15, 0.2) is 3.23 Å². The van der Waals surface area contributed by atoms with Gasteiger partial charge in [-0.1, -0.05) is 31.9 Å². The van der Waals surface area contributed by atoms with Crippen LogP contribution < -0.4 is 5.11 Å². The summed E-state index contributed by atoms with van der Waals surface area (Å²) in [5.41, 5.74) is 0. The Morgan fingerprint density at radius 1 is 1.53 bits per heavy atom.